The summed E-state index contributed by atoms with van der Waals surface area (Å²) in [7, 11) is -3.67. The fourth-order valence-electron chi connectivity index (χ4n) is 2.87. The molecular formula is C21H21NO4S2. The Kier molecular flexibility index (Phi) is 6.07. The van der Waals surface area contributed by atoms with Crippen molar-refractivity contribution in [1.29, 1.82) is 0 Å². The summed E-state index contributed by atoms with van der Waals surface area (Å²) >= 11 is 1.20. The number of carboxylic acids is 1. The number of rotatable bonds is 8. The molecule has 28 heavy (non-hydrogen) atoms. The largest absolute Gasteiger partial charge is 0.480 e. The van der Waals surface area contributed by atoms with Gasteiger partial charge in [0.05, 0.1) is 4.90 Å². The number of nitrogens with one attached hydrogen (secondary N) is 1. The van der Waals surface area contributed by atoms with Crippen molar-refractivity contribution in [2.24, 2.45) is 0 Å². The number of benzene rings is 3. The van der Waals surface area contributed by atoms with Crippen molar-refractivity contribution in [3.63, 3.8) is 0 Å². The van der Waals surface area contributed by atoms with E-state index in [1.54, 1.807) is 49.4 Å². The zero-order valence-electron chi connectivity index (χ0n) is 15.3. The molecule has 0 aromatic heterocycles. The van der Waals surface area contributed by atoms with Crippen LogP contribution in [0.3, 0.4) is 0 Å². The molecular weight excluding hydrogens is 394 g/mol. The van der Waals surface area contributed by atoms with Gasteiger partial charge >= 0.3 is 5.97 Å². The van der Waals surface area contributed by atoms with Gasteiger partial charge in [-0.1, -0.05) is 60.7 Å². The molecule has 5 nitrogen and oxygen atoms in total. The highest BCUT2D eigenvalue weighted by molar-refractivity contribution is 8.01. The second kappa shape index (κ2) is 8.34. The van der Waals surface area contributed by atoms with Gasteiger partial charge in [-0.3, -0.25) is 4.79 Å². The summed E-state index contributed by atoms with van der Waals surface area (Å²) in [5, 5.41) is 11.5. The Bertz CT molecular complexity index is 1080. The van der Waals surface area contributed by atoms with Crippen LogP contribution in [0.25, 0.3) is 10.8 Å². The molecule has 0 aliphatic carbocycles. The van der Waals surface area contributed by atoms with E-state index in [9.17, 15) is 18.3 Å². The minimum absolute atomic E-state index is 0.134. The molecule has 0 fully saturated rings. The van der Waals surface area contributed by atoms with Crippen LogP contribution in [0.1, 0.15) is 12.5 Å². The zero-order valence-corrected chi connectivity index (χ0v) is 17.0. The van der Waals surface area contributed by atoms with Crippen LogP contribution >= 0.6 is 11.8 Å². The predicted molar refractivity (Wildman–Crippen MR) is 113 cm³/mol. The highest BCUT2D eigenvalue weighted by atomic mass is 32.2. The lowest BCUT2D eigenvalue weighted by Gasteiger charge is -2.24. The van der Waals surface area contributed by atoms with Crippen LogP contribution in [0.2, 0.25) is 0 Å². The van der Waals surface area contributed by atoms with Crippen LogP contribution in [0.5, 0.6) is 0 Å². The quantitative estimate of drug-likeness (QED) is 0.546. The smallest absolute Gasteiger partial charge is 0.324 e. The average molecular weight is 416 g/mol. The van der Waals surface area contributed by atoms with Crippen LogP contribution in [-0.4, -0.2) is 31.8 Å². The third-order valence-corrected chi connectivity index (χ3v) is 7.40. The molecule has 0 heterocycles. The van der Waals surface area contributed by atoms with E-state index in [1.807, 2.05) is 30.3 Å². The first-order valence-electron chi connectivity index (χ1n) is 8.74. The van der Waals surface area contributed by atoms with Gasteiger partial charge in [0.2, 0.25) is 10.0 Å². The van der Waals surface area contributed by atoms with E-state index < -0.39 is 20.7 Å². The summed E-state index contributed by atoms with van der Waals surface area (Å²) in [5.74, 6) is -0.633. The van der Waals surface area contributed by atoms with E-state index in [0.717, 1.165) is 10.8 Å². The Balaban J connectivity index is 1.66. The van der Waals surface area contributed by atoms with Gasteiger partial charge in [-0.15, -0.1) is 11.8 Å². The molecule has 0 aliphatic rings. The Labute approximate surface area is 168 Å². The normalized spacial score (nSPS) is 13.9. The van der Waals surface area contributed by atoms with Crippen molar-refractivity contribution >= 4 is 38.5 Å². The third kappa shape index (κ3) is 4.38. The summed E-state index contributed by atoms with van der Waals surface area (Å²) in [6, 6.07) is 21.5. The van der Waals surface area contributed by atoms with Crippen LogP contribution in [0.15, 0.2) is 77.7 Å². The first kappa shape index (κ1) is 20.4. The number of hydrogen-bond acceptors (Lipinski definition) is 4. The average Bonchev–Trinajstić information content (AvgIpc) is 2.71. The summed E-state index contributed by atoms with van der Waals surface area (Å²) in [6.07, 6.45) is 0. The molecule has 0 aliphatic heterocycles. The zero-order chi connectivity index (χ0) is 20.2. The second-order valence-corrected chi connectivity index (χ2v) is 9.74. The number of fused-ring (bicyclic) bond motifs is 1. The minimum atomic E-state index is -3.67. The SMILES string of the molecule is CC(SCCNS(=O)(=O)c1ccc2ccccc2c1)(C(=O)O)c1ccccc1. The van der Waals surface area contributed by atoms with Crippen LogP contribution in [-0.2, 0) is 19.6 Å². The summed E-state index contributed by atoms with van der Waals surface area (Å²) in [5.41, 5.74) is 0.671. The molecule has 0 saturated carbocycles. The molecule has 0 amide bonds. The van der Waals surface area contributed by atoms with E-state index in [4.69, 9.17) is 0 Å². The lowest BCUT2D eigenvalue weighted by atomic mass is 10.0. The molecule has 1 atom stereocenters. The highest BCUT2D eigenvalue weighted by Gasteiger charge is 2.35. The summed E-state index contributed by atoms with van der Waals surface area (Å²) < 4.78 is 26.6. The van der Waals surface area contributed by atoms with Gasteiger partial charge < -0.3 is 5.11 Å². The molecule has 3 aromatic rings. The molecule has 7 heteroatoms. The fraction of sp³-hybridized carbons (Fsp3) is 0.190. The van der Waals surface area contributed by atoms with E-state index in [-0.39, 0.29) is 11.4 Å². The van der Waals surface area contributed by atoms with Gasteiger partial charge in [0.15, 0.2) is 0 Å². The van der Waals surface area contributed by atoms with Crippen molar-refractivity contribution in [3.8, 4) is 0 Å². The lowest BCUT2D eigenvalue weighted by Crippen LogP contribution is -2.32. The van der Waals surface area contributed by atoms with E-state index in [1.165, 1.54) is 11.8 Å². The van der Waals surface area contributed by atoms with Crippen molar-refractivity contribution in [3.05, 3.63) is 78.4 Å². The Morgan fingerprint density at radius 3 is 2.32 bits per heavy atom. The number of thioether (sulfide) groups is 1. The van der Waals surface area contributed by atoms with E-state index in [0.29, 0.717) is 11.3 Å². The van der Waals surface area contributed by atoms with Crippen molar-refractivity contribution in [2.75, 3.05) is 12.3 Å². The maximum Gasteiger partial charge on any atom is 0.324 e. The Hall–Kier alpha value is -2.35. The van der Waals surface area contributed by atoms with Crippen molar-refractivity contribution in [1.82, 2.24) is 4.72 Å². The molecule has 0 spiro atoms. The van der Waals surface area contributed by atoms with Gasteiger partial charge in [-0.2, -0.15) is 0 Å². The number of hydrogen-bond donors (Lipinski definition) is 2. The van der Waals surface area contributed by atoms with Gasteiger partial charge in [0, 0.05) is 12.3 Å². The number of carbonyl (C=O) groups is 1. The molecule has 3 aromatic carbocycles. The monoisotopic (exact) mass is 415 g/mol. The summed E-state index contributed by atoms with van der Waals surface area (Å²) in [4.78, 5) is 12.0. The van der Waals surface area contributed by atoms with Gasteiger partial charge in [0.1, 0.15) is 4.75 Å². The number of aliphatic carboxylic acids is 1. The molecule has 3 rings (SSSR count). The van der Waals surface area contributed by atoms with E-state index in [2.05, 4.69) is 4.72 Å². The molecule has 146 valence electrons. The van der Waals surface area contributed by atoms with Crippen LogP contribution < -0.4 is 4.72 Å². The number of carboxylic acid groups (broad SMARTS) is 1. The third-order valence-electron chi connectivity index (χ3n) is 4.55. The standard InChI is InChI=1S/C21H21NO4S2/c1-21(20(23)24,18-9-3-2-4-10-18)27-14-13-22-28(25,26)19-12-11-16-7-5-6-8-17(16)15-19/h2-12,15,22H,13-14H2,1H3,(H,23,24). The van der Waals surface area contributed by atoms with Gasteiger partial charge in [0.25, 0.3) is 0 Å². The maximum atomic E-state index is 12.6. The molecule has 0 radical (unpaired) electrons. The Morgan fingerprint density at radius 2 is 1.64 bits per heavy atom. The highest BCUT2D eigenvalue weighted by Crippen LogP contribution is 2.36. The van der Waals surface area contributed by atoms with Crippen LogP contribution in [0.4, 0.5) is 0 Å². The maximum absolute atomic E-state index is 12.6. The Morgan fingerprint density at radius 1 is 1.00 bits per heavy atom. The predicted octanol–water partition coefficient (Wildman–Crippen LogP) is 3.85. The lowest BCUT2D eigenvalue weighted by molar-refractivity contribution is -0.139. The molecule has 0 bridgehead atoms. The minimum Gasteiger partial charge on any atom is -0.480 e. The molecule has 2 N–H and O–H groups in total. The van der Waals surface area contributed by atoms with Gasteiger partial charge in [-0.05, 0) is 35.4 Å². The first-order valence-corrected chi connectivity index (χ1v) is 11.2. The second-order valence-electron chi connectivity index (χ2n) is 6.46. The van der Waals surface area contributed by atoms with Crippen LogP contribution in [0, 0.1) is 0 Å². The fourth-order valence-corrected chi connectivity index (χ4v) is 5.11. The topological polar surface area (TPSA) is 83.5 Å². The first-order chi connectivity index (χ1) is 13.3. The molecule has 1 unspecified atom stereocenters. The number of sulfonamides is 1. The summed E-state index contributed by atoms with van der Waals surface area (Å²) in [6.45, 7) is 1.77. The molecule has 0 saturated heterocycles. The van der Waals surface area contributed by atoms with Crippen molar-refractivity contribution < 1.29 is 18.3 Å². The van der Waals surface area contributed by atoms with E-state index >= 15 is 0 Å². The van der Waals surface area contributed by atoms with Gasteiger partial charge in [-0.25, -0.2) is 13.1 Å². The van der Waals surface area contributed by atoms with Crippen molar-refractivity contribution in [2.45, 2.75) is 16.6 Å².